The number of aromatic nitrogens is 2. The fraction of sp³-hybridized carbons (Fsp3) is 0.500. The van der Waals surface area contributed by atoms with E-state index < -0.39 is 10.0 Å². The lowest BCUT2D eigenvalue weighted by atomic mass is 10.3. The van der Waals surface area contributed by atoms with Gasteiger partial charge in [0, 0.05) is 12.1 Å². The van der Waals surface area contributed by atoms with Gasteiger partial charge in [0.2, 0.25) is 10.0 Å². The van der Waals surface area contributed by atoms with Gasteiger partial charge >= 0.3 is 0 Å². The molecule has 0 aliphatic heterocycles. The summed E-state index contributed by atoms with van der Waals surface area (Å²) in [6.07, 6.45) is 1.77. The van der Waals surface area contributed by atoms with Gasteiger partial charge in [-0.2, -0.15) is 0 Å². The van der Waals surface area contributed by atoms with Crippen LogP contribution in [-0.4, -0.2) is 30.7 Å². The Bertz CT molecular complexity index is 459. The second-order valence-electron chi connectivity index (χ2n) is 3.38. The summed E-state index contributed by atoms with van der Waals surface area (Å²) in [4.78, 5) is 7.81. The predicted octanol–water partition coefficient (Wildman–Crippen LogP) is -0.542. The lowest BCUT2D eigenvalue weighted by Gasteiger charge is -2.08. The average Bonchev–Trinajstić information content (AvgIpc) is 2.17. The van der Waals surface area contributed by atoms with Gasteiger partial charge in [-0.25, -0.2) is 23.5 Å². The van der Waals surface area contributed by atoms with Crippen LogP contribution in [0, 0.1) is 6.92 Å². The Hall–Kier alpha value is -1.41. The molecule has 0 saturated heterocycles. The van der Waals surface area contributed by atoms with E-state index in [4.69, 9.17) is 10.9 Å². The minimum Gasteiger partial charge on any atom is -0.383 e. The van der Waals surface area contributed by atoms with Crippen molar-refractivity contribution >= 4 is 21.7 Å². The molecule has 90 valence electrons. The van der Waals surface area contributed by atoms with Crippen LogP contribution in [0.3, 0.4) is 0 Å². The van der Waals surface area contributed by atoms with Crippen molar-refractivity contribution in [3.63, 3.8) is 0 Å². The van der Waals surface area contributed by atoms with E-state index in [1.165, 1.54) is 6.33 Å². The molecule has 1 rings (SSSR count). The summed E-state index contributed by atoms with van der Waals surface area (Å²) in [5.41, 5.74) is 6.34. The maximum atomic E-state index is 10.7. The molecule has 0 aromatic carbocycles. The topological polar surface area (TPSA) is 124 Å². The van der Waals surface area contributed by atoms with Crippen molar-refractivity contribution in [3.8, 4) is 0 Å². The first kappa shape index (κ1) is 12.7. The van der Waals surface area contributed by atoms with Gasteiger partial charge in [0.05, 0.1) is 5.75 Å². The summed E-state index contributed by atoms with van der Waals surface area (Å²) in [5.74, 6) is 0.963. The average molecular weight is 245 g/mol. The van der Waals surface area contributed by atoms with Crippen molar-refractivity contribution in [2.24, 2.45) is 5.14 Å². The minimum absolute atomic E-state index is 0.0559. The van der Waals surface area contributed by atoms with Crippen LogP contribution < -0.4 is 16.2 Å². The molecule has 8 heteroatoms. The molecule has 0 unspecified atom stereocenters. The number of nitrogen functional groups attached to an aromatic ring is 1. The Kier molecular flexibility index (Phi) is 4.02. The molecule has 0 bridgehead atoms. The summed E-state index contributed by atoms with van der Waals surface area (Å²) in [6, 6.07) is 0. The van der Waals surface area contributed by atoms with Crippen LogP contribution >= 0.6 is 0 Å². The Balaban J connectivity index is 2.47. The van der Waals surface area contributed by atoms with E-state index in [1.54, 1.807) is 6.92 Å². The molecule has 7 nitrogen and oxygen atoms in total. The molecular weight excluding hydrogens is 230 g/mol. The van der Waals surface area contributed by atoms with E-state index in [0.29, 0.717) is 24.6 Å². The van der Waals surface area contributed by atoms with Crippen molar-refractivity contribution in [3.05, 3.63) is 11.9 Å². The van der Waals surface area contributed by atoms with E-state index in [9.17, 15) is 8.42 Å². The Morgan fingerprint density at radius 3 is 2.75 bits per heavy atom. The summed E-state index contributed by atoms with van der Waals surface area (Å²) in [6.45, 7) is 2.26. The Labute approximate surface area is 94.3 Å². The standard InChI is InChI=1S/C8H15N5O2S/c1-6-7(9)12-5-13-8(6)11-3-2-4-16(10,14)15/h5H,2-4H2,1H3,(H2,10,14,15)(H3,9,11,12,13). The van der Waals surface area contributed by atoms with Crippen LogP contribution in [0.2, 0.25) is 0 Å². The zero-order valence-electron chi connectivity index (χ0n) is 8.97. The third-order valence-electron chi connectivity index (χ3n) is 2.02. The highest BCUT2D eigenvalue weighted by molar-refractivity contribution is 7.89. The largest absolute Gasteiger partial charge is 0.383 e. The molecule has 0 saturated carbocycles. The van der Waals surface area contributed by atoms with E-state index in [0.717, 1.165) is 5.56 Å². The summed E-state index contributed by atoms with van der Waals surface area (Å²) >= 11 is 0. The van der Waals surface area contributed by atoms with Crippen molar-refractivity contribution < 1.29 is 8.42 Å². The molecule has 5 N–H and O–H groups in total. The molecule has 0 radical (unpaired) electrons. The number of sulfonamides is 1. The van der Waals surface area contributed by atoms with Crippen LogP contribution in [0.25, 0.3) is 0 Å². The van der Waals surface area contributed by atoms with Crippen LogP contribution in [0.15, 0.2) is 6.33 Å². The van der Waals surface area contributed by atoms with Crippen molar-refractivity contribution in [1.29, 1.82) is 0 Å². The molecule has 1 aromatic heterocycles. The van der Waals surface area contributed by atoms with E-state index in [1.807, 2.05) is 0 Å². The zero-order valence-corrected chi connectivity index (χ0v) is 9.79. The third-order valence-corrected chi connectivity index (χ3v) is 2.88. The predicted molar refractivity (Wildman–Crippen MR) is 62.3 cm³/mol. The first-order chi connectivity index (χ1) is 7.40. The molecular formula is C8H15N5O2S. The normalized spacial score (nSPS) is 11.4. The van der Waals surface area contributed by atoms with E-state index in [-0.39, 0.29) is 5.75 Å². The quantitative estimate of drug-likeness (QED) is 0.598. The molecule has 16 heavy (non-hydrogen) atoms. The monoisotopic (exact) mass is 245 g/mol. The van der Waals surface area contributed by atoms with Gasteiger partial charge in [0.25, 0.3) is 0 Å². The number of nitrogens with zero attached hydrogens (tertiary/aromatic N) is 2. The van der Waals surface area contributed by atoms with Crippen molar-refractivity contribution in [1.82, 2.24) is 9.97 Å². The highest BCUT2D eigenvalue weighted by Gasteiger charge is 2.05. The van der Waals surface area contributed by atoms with Crippen molar-refractivity contribution in [2.45, 2.75) is 13.3 Å². The molecule has 1 aromatic rings. The number of hydrogen-bond donors (Lipinski definition) is 3. The Morgan fingerprint density at radius 2 is 2.12 bits per heavy atom. The van der Waals surface area contributed by atoms with Gasteiger partial charge in [-0.05, 0) is 13.3 Å². The summed E-state index contributed by atoms with van der Waals surface area (Å²) < 4.78 is 21.3. The number of hydrogen-bond acceptors (Lipinski definition) is 6. The highest BCUT2D eigenvalue weighted by atomic mass is 32.2. The smallest absolute Gasteiger partial charge is 0.209 e. The maximum Gasteiger partial charge on any atom is 0.209 e. The molecule has 0 spiro atoms. The number of rotatable bonds is 5. The van der Waals surface area contributed by atoms with E-state index in [2.05, 4.69) is 15.3 Å². The van der Waals surface area contributed by atoms with Crippen LogP contribution in [0.5, 0.6) is 0 Å². The highest BCUT2D eigenvalue weighted by Crippen LogP contribution is 2.14. The van der Waals surface area contributed by atoms with E-state index >= 15 is 0 Å². The summed E-state index contributed by atoms with van der Waals surface area (Å²) in [5, 5.41) is 7.84. The fourth-order valence-corrected chi connectivity index (χ4v) is 1.67. The number of primary sulfonamides is 1. The van der Waals surface area contributed by atoms with Crippen LogP contribution in [-0.2, 0) is 10.0 Å². The first-order valence-corrected chi connectivity index (χ1v) is 6.43. The number of anilines is 2. The second-order valence-corrected chi connectivity index (χ2v) is 5.11. The third kappa shape index (κ3) is 3.99. The van der Waals surface area contributed by atoms with Gasteiger partial charge < -0.3 is 11.1 Å². The minimum atomic E-state index is -3.39. The molecule has 1 heterocycles. The van der Waals surface area contributed by atoms with Gasteiger partial charge in [-0.3, -0.25) is 0 Å². The fourth-order valence-electron chi connectivity index (χ4n) is 1.12. The van der Waals surface area contributed by atoms with Gasteiger partial charge in [-0.15, -0.1) is 0 Å². The lowest BCUT2D eigenvalue weighted by molar-refractivity contribution is 0.595. The van der Waals surface area contributed by atoms with Crippen LogP contribution in [0.4, 0.5) is 11.6 Å². The molecule has 0 fully saturated rings. The maximum absolute atomic E-state index is 10.7. The van der Waals surface area contributed by atoms with Crippen LogP contribution in [0.1, 0.15) is 12.0 Å². The van der Waals surface area contributed by atoms with Gasteiger partial charge in [0.15, 0.2) is 0 Å². The zero-order chi connectivity index (χ0) is 12.2. The molecule has 0 aliphatic carbocycles. The molecule has 0 aliphatic rings. The van der Waals surface area contributed by atoms with Gasteiger partial charge in [0.1, 0.15) is 18.0 Å². The SMILES string of the molecule is Cc1c(N)ncnc1NCCCS(N)(=O)=O. The molecule has 0 amide bonds. The van der Waals surface area contributed by atoms with Crippen molar-refractivity contribution in [2.75, 3.05) is 23.3 Å². The number of nitrogens with one attached hydrogen (secondary N) is 1. The van der Waals surface area contributed by atoms with Gasteiger partial charge in [-0.1, -0.05) is 0 Å². The Morgan fingerprint density at radius 1 is 1.44 bits per heavy atom. The first-order valence-electron chi connectivity index (χ1n) is 4.71. The molecule has 0 atom stereocenters. The summed E-state index contributed by atoms with van der Waals surface area (Å²) in [7, 11) is -3.39. The lowest BCUT2D eigenvalue weighted by Crippen LogP contribution is -2.19. The number of nitrogens with two attached hydrogens (primary N) is 2. The second kappa shape index (κ2) is 5.08.